The van der Waals surface area contributed by atoms with Crippen LogP contribution in [-0.2, 0) is 13.2 Å². The van der Waals surface area contributed by atoms with Gasteiger partial charge in [-0.15, -0.1) is 10.2 Å². The average Bonchev–Trinajstić information content (AvgIpc) is 2.61. The third-order valence-electron chi connectivity index (χ3n) is 3.32. The summed E-state index contributed by atoms with van der Waals surface area (Å²) in [6, 6.07) is 10.8. The van der Waals surface area contributed by atoms with E-state index in [9.17, 15) is 10.2 Å². The van der Waals surface area contributed by atoms with Crippen molar-refractivity contribution in [2.24, 2.45) is 0 Å². The average molecular weight is 294 g/mol. The molecule has 110 valence electrons. The van der Waals surface area contributed by atoms with Crippen LogP contribution >= 0.6 is 0 Å². The highest BCUT2D eigenvalue weighted by molar-refractivity contribution is 5.67. The van der Waals surface area contributed by atoms with Crippen molar-refractivity contribution in [2.45, 2.75) is 13.2 Å². The topological polar surface area (TPSA) is 92.0 Å². The Labute approximate surface area is 127 Å². The van der Waals surface area contributed by atoms with E-state index in [0.29, 0.717) is 33.9 Å². The molecule has 0 bridgehead atoms. The van der Waals surface area contributed by atoms with E-state index in [4.69, 9.17) is 0 Å². The van der Waals surface area contributed by atoms with Crippen molar-refractivity contribution in [3.05, 3.63) is 59.9 Å². The van der Waals surface area contributed by atoms with Crippen molar-refractivity contribution < 1.29 is 10.2 Å². The Hall–Kier alpha value is -2.70. The third kappa shape index (κ3) is 2.57. The van der Waals surface area contributed by atoms with E-state index in [1.807, 2.05) is 12.1 Å². The molecule has 3 aromatic heterocycles. The summed E-state index contributed by atoms with van der Waals surface area (Å²) in [5, 5.41) is 27.8. The molecule has 0 unspecified atom stereocenters. The van der Waals surface area contributed by atoms with Crippen molar-refractivity contribution in [3.63, 3.8) is 0 Å². The summed E-state index contributed by atoms with van der Waals surface area (Å²) in [6.45, 7) is -0.533. The lowest BCUT2D eigenvalue weighted by molar-refractivity contribution is 0.259. The summed E-state index contributed by atoms with van der Waals surface area (Å²) in [5.41, 5.74) is 3.15. The van der Waals surface area contributed by atoms with Crippen LogP contribution in [0.4, 0.5) is 0 Å². The van der Waals surface area contributed by atoms with Gasteiger partial charge in [0, 0.05) is 23.5 Å². The molecule has 0 radical (unpaired) electrons. The third-order valence-corrected chi connectivity index (χ3v) is 3.32. The lowest BCUT2D eigenvalue weighted by Crippen LogP contribution is -2.07. The number of aromatic nitrogens is 4. The lowest BCUT2D eigenvalue weighted by Gasteiger charge is -2.13. The SMILES string of the molecule is OCc1c(-c2ccccn2)nnc(-c2ccccn2)c1CO. The smallest absolute Gasteiger partial charge is 0.117 e. The van der Waals surface area contributed by atoms with E-state index in [2.05, 4.69) is 20.2 Å². The van der Waals surface area contributed by atoms with Crippen molar-refractivity contribution in [2.75, 3.05) is 0 Å². The van der Waals surface area contributed by atoms with Gasteiger partial charge in [-0.1, -0.05) is 12.1 Å². The van der Waals surface area contributed by atoms with Crippen LogP contribution in [-0.4, -0.2) is 30.4 Å². The molecule has 0 amide bonds. The number of aliphatic hydroxyl groups excluding tert-OH is 2. The minimum Gasteiger partial charge on any atom is -0.392 e. The number of nitrogens with zero attached hydrogens (tertiary/aromatic N) is 4. The van der Waals surface area contributed by atoms with Gasteiger partial charge in [-0.25, -0.2) is 0 Å². The van der Waals surface area contributed by atoms with Crippen LogP contribution < -0.4 is 0 Å². The van der Waals surface area contributed by atoms with Gasteiger partial charge in [-0.2, -0.15) is 0 Å². The molecule has 0 aliphatic carbocycles. The monoisotopic (exact) mass is 294 g/mol. The second kappa shape index (κ2) is 6.38. The summed E-state index contributed by atoms with van der Waals surface area (Å²) in [5.74, 6) is 0. The molecule has 0 saturated carbocycles. The number of hydrogen-bond acceptors (Lipinski definition) is 6. The molecule has 0 aliphatic rings. The summed E-state index contributed by atoms with van der Waals surface area (Å²) < 4.78 is 0. The molecule has 0 aromatic carbocycles. The van der Waals surface area contributed by atoms with E-state index >= 15 is 0 Å². The van der Waals surface area contributed by atoms with Crippen molar-refractivity contribution in [3.8, 4) is 22.8 Å². The zero-order chi connectivity index (χ0) is 15.4. The zero-order valence-electron chi connectivity index (χ0n) is 11.7. The lowest BCUT2D eigenvalue weighted by atomic mass is 10.0. The normalized spacial score (nSPS) is 10.6. The van der Waals surface area contributed by atoms with Gasteiger partial charge < -0.3 is 10.2 Å². The molecule has 3 aromatic rings. The second-order valence-electron chi connectivity index (χ2n) is 4.60. The maximum absolute atomic E-state index is 9.74. The fraction of sp³-hybridized carbons (Fsp3) is 0.125. The van der Waals surface area contributed by atoms with Gasteiger partial charge in [0.1, 0.15) is 11.4 Å². The van der Waals surface area contributed by atoms with Gasteiger partial charge in [0.05, 0.1) is 24.6 Å². The van der Waals surface area contributed by atoms with Crippen LogP contribution in [0.3, 0.4) is 0 Å². The van der Waals surface area contributed by atoms with Crippen LogP contribution in [0.25, 0.3) is 22.8 Å². The van der Waals surface area contributed by atoms with E-state index < -0.39 is 0 Å². The first-order valence-electron chi connectivity index (χ1n) is 6.78. The number of pyridine rings is 2. The molecule has 3 heterocycles. The molecular weight excluding hydrogens is 280 g/mol. The molecule has 0 atom stereocenters. The summed E-state index contributed by atoms with van der Waals surface area (Å²) in [7, 11) is 0. The molecule has 0 fully saturated rings. The molecule has 6 heteroatoms. The molecule has 6 nitrogen and oxygen atoms in total. The van der Waals surface area contributed by atoms with E-state index in [1.165, 1.54) is 0 Å². The quantitative estimate of drug-likeness (QED) is 0.759. The van der Waals surface area contributed by atoms with Crippen molar-refractivity contribution in [1.82, 2.24) is 20.2 Å². The minimum absolute atomic E-state index is 0.267. The molecule has 0 saturated heterocycles. The van der Waals surface area contributed by atoms with Crippen molar-refractivity contribution >= 4 is 0 Å². The van der Waals surface area contributed by atoms with Gasteiger partial charge in [-0.05, 0) is 24.3 Å². The van der Waals surface area contributed by atoms with Gasteiger partial charge in [0.25, 0.3) is 0 Å². The Balaban J connectivity index is 2.21. The Morgan fingerprint density at radius 1 is 0.682 bits per heavy atom. The minimum atomic E-state index is -0.267. The summed E-state index contributed by atoms with van der Waals surface area (Å²) in [6.07, 6.45) is 3.28. The summed E-state index contributed by atoms with van der Waals surface area (Å²) >= 11 is 0. The van der Waals surface area contributed by atoms with Crippen LogP contribution in [0.5, 0.6) is 0 Å². The second-order valence-corrected chi connectivity index (χ2v) is 4.60. The Kier molecular flexibility index (Phi) is 4.13. The molecule has 0 spiro atoms. The predicted molar refractivity (Wildman–Crippen MR) is 80.3 cm³/mol. The largest absolute Gasteiger partial charge is 0.392 e. The van der Waals surface area contributed by atoms with Crippen LogP contribution in [0, 0.1) is 0 Å². The van der Waals surface area contributed by atoms with Crippen LogP contribution in [0.2, 0.25) is 0 Å². The van der Waals surface area contributed by atoms with E-state index in [-0.39, 0.29) is 13.2 Å². The van der Waals surface area contributed by atoms with Gasteiger partial charge in [-0.3, -0.25) is 9.97 Å². The maximum Gasteiger partial charge on any atom is 0.117 e. The number of rotatable bonds is 4. The first-order valence-corrected chi connectivity index (χ1v) is 6.78. The van der Waals surface area contributed by atoms with Gasteiger partial charge in [0.2, 0.25) is 0 Å². The Bertz CT molecular complexity index is 697. The molecular formula is C16H14N4O2. The summed E-state index contributed by atoms with van der Waals surface area (Å²) in [4.78, 5) is 8.45. The first-order chi connectivity index (χ1) is 10.8. The fourth-order valence-electron chi connectivity index (χ4n) is 2.26. The predicted octanol–water partition coefficient (Wildman–Crippen LogP) is 1.59. The van der Waals surface area contributed by atoms with Gasteiger partial charge >= 0.3 is 0 Å². The zero-order valence-corrected chi connectivity index (χ0v) is 11.7. The maximum atomic E-state index is 9.74. The van der Waals surface area contributed by atoms with E-state index in [0.717, 1.165) is 0 Å². The molecule has 0 aliphatic heterocycles. The Morgan fingerprint density at radius 2 is 1.14 bits per heavy atom. The molecule has 22 heavy (non-hydrogen) atoms. The number of hydrogen-bond donors (Lipinski definition) is 2. The Morgan fingerprint density at radius 3 is 1.45 bits per heavy atom. The number of aliphatic hydroxyl groups is 2. The fourth-order valence-corrected chi connectivity index (χ4v) is 2.26. The van der Waals surface area contributed by atoms with Crippen LogP contribution in [0.1, 0.15) is 11.1 Å². The first kappa shape index (κ1) is 14.2. The van der Waals surface area contributed by atoms with E-state index in [1.54, 1.807) is 36.7 Å². The van der Waals surface area contributed by atoms with Gasteiger partial charge in [0.15, 0.2) is 0 Å². The highest BCUT2D eigenvalue weighted by Crippen LogP contribution is 2.28. The van der Waals surface area contributed by atoms with Crippen LogP contribution in [0.15, 0.2) is 48.8 Å². The van der Waals surface area contributed by atoms with Crippen molar-refractivity contribution in [1.29, 1.82) is 0 Å². The standard InChI is InChI=1S/C16H14N4O2/c21-9-11-12(10-22)16(14-6-2-4-8-18-14)20-19-15(11)13-5-1-3-7-17-13/h1-8,21-22H,9-10H2. The molecule has 2 N–H and O–H groups in total. The highest BCUT2D eigenvalue weighted by Gasteiger charge is 2.18. The molecule has 3 rings (SSSR count). The highest BCUT2D eigenvalue weighted by atomic mass is 16.3.